The molecule has 0 saturated heterocycles. The Morgan fingerprint density at radius 2 is 1.84 bits per heavy atom. The maximum atomic E-state index is 3.61. The van der Waals surface area contributed by atoms with E-state index in [1.54, 1.807) is 11.3 Å². The average Bonchev–Trinajstić information content (AvgIpc) is 2.68. The first-order valence-electron chi connectivity index (χ1n) is 6.28. The number of benzene rings is 1. The minimum Gasteiger partial charge on any atom is -0.306 e. The molecule has 0 radical (unpaired) electrons. The third-order valence-corrected chi connectivity index (χ3v) is 6.51. The van der Waals surface area contributed by atoms with Crippen LogP contribution in [-0.2, 0) is 0 Å². The second-order valence-corrected chi connectivity index (χ2v) is 7.82. The van der Waals surface area contributed by atoms with Crippen molar-refractivity contribution in [3.8, 4) is 0 Å². The number of rotatable bonds is 4. The van der Waals surface area contributed by atoms with Crippen LogP contribution in [-0.4, -0.2) is 6.54 Å². The molecule has 1 N–H and O–H groups in total. The predicted molar refractivity (Wildman–Crippen MR) is 91.2 cm³/mol. The third-order valence-electron chi connectivity index (χ3n) is 3.19. The van der Waals surface area contributed by atoms with Gasteiger partial charge in [0, 0.05) is 9.35 Å². The van der Waals surface area contributed by atoms with Crippen LogP contribution < -0.4 is 5.32 Å². The Bertz CT molecular complexity index is 538. The van der Waals surface area contributed by atoms with Crippen LogP contribution in [0.5, 0.6) is 0 Å². The molecule has 0 fully saturated rings. The van der Waals surface area contributed by atoms with E-state index in [2.05, 4.69) is 82.2 Å². The zero-order valence-electron chi connectivity index (χ0n) is 11.3. The van der Waals surface area contributed by atoms with Crippen molar-refractivity contribution < 1.29 is 0 Å². The molecule has 1 nitrogen and oxygen atoms in total. The Morgan fingerprint density at radius 3 is 2.32 bits per heavy atom. The van der Waals surface area contributed by atoms with E-state index in [9.17, 15) is 0 Å². The largest absolute Gasteiger partial charge is 0.306 e. The normalized spacial score (nSPS) is 12.7. The standard InChI is InChI=1S/C15H17Br2NS/c1-4-18-14(12-8-11(16)15(17)19-12)13-9(2)6-5-7-10(13)3/h5-8,14,18H,4H2,1-3H3. The summed E-state index contributed by atoms with van der Waals surface area (Å²) in [6, 6.07) is 8.96. The minimum absolute atomic E-state index is 0.263. The Kier molecular flexibility index (Phi) is 5.23. The minimum atomic E-state index is 0.263. The summed E-state index contributed by atoms with van der Waals surface area (Å²) in [6.45, 7) is 7.47. The summed E-state index contributed by atoms with van der Waals surface area (Å²) in [5.41, 5.74) is 4.07. The number of halogens is 2. The molecule has 1 atom stereocenters. The number of hydrogen-bond donors (Lipinski definition) is 1. The molecule has 0 spiro atoms. The second kappa shape index (κ2) is 6.53. The molecule has 0 aliphatic carbocycles. The van der Waals surface area contributed by atoms with Crippen LogP contribution in [0.1, 0.15) is 34.5 Å². The van der Waals surface area contributed by atoms with Crippen LogP contribution in [0.15, 0.2) is 32.5 Å². The summed E-state index contributed by atoms with van der Waals surface area (Å²) in [7, 11) is 0. The first-order chi connectivity index (χ1) is 9.04. The molecule has 1 heterocycles. The van der Waals surface area contributed by atoms with Crippen molar-refractivity contribution in [2.45, 2.75) is 26.8 Å². The van der Waals surface area contributed by atoms with Crippen molar-refractivity contribution >= 4 is 43.2 Å². The van der Waals surface area contributed by atoms with E-state index in [0.29, 0.717) is 0 Å². The lowest BCUT2D eigenvalue weighted by atomic mass is 9.95. The lowest BCUT2D eigenvalue weighted by molar-refractivity contribution is 0.633. The summed E-state index contributed by atoms with van der Waals surface area (Å²) in [5.74, 6) is 0. The van der Waals surface area contributed by atoms with Crippen molar-refractivity contribution in [1.82, 2.24) is 5.32 Å². The molecule has 0 saturated carbocycles. The van der Waals surface area contributed by atoms with Crippen molar-refractivity contribution in [1.29, 1.82) is 0 Å². The molecule has 4 heteroatoms. The van der Waals surface area contributed by atoms with Crippen molar-refractivity contribution in [3.05, 3.63) is 54.1 Å². The van der Waals surface area contributed by atoms with Gasteiger partial charge in [0.15, 0.2) is 0 Å². The van der Waals surface area contributed by atoms with E-state index in [1.165, 1.54) is 21.6 Å². The van der Waals surface area contributed by atoms with Gasteiger partial charge in [0.1, 0.15) is 0 Å². The van der Waals surface area contributed by atoms with E-state index in [-0.39, 0.29) is 6.04 Å². The van der Waals surface area contributed by atoms with E-state index < -0.39 is 0 Å². The van der Waals surface area contributed by atoms with E-state index in [1.807, 2.05) is 0 Å². The second-order valence-electron chi connectivity index (χ2n) is 4.57. The molecule has 102 valence electrons. The van der Waals surface area contributed by atoms with E-state index in [0.717, 1.165) is 14.8 Å². The smallest absolute Gasteiger partial charge is 0.0843 e. The fourth-order valence-corrected chi connectivity index (χ4v) is 4.51. The Morgan fingerprint density at radius 1 is 1.21 bits per heavy atom. The van der Waals surface area contributed by atoms with Gasteiger partial charge in [0.05, 0.1) is 9.83 Å². The summed E-state index contributed by atoms with van der Waals surface area (Å²) in [5, 5.41) is 3.61. The van der Waals surface area contributed by atoms with Crippen LogP contribution in [0.3, 0.4) is 0 Å². The first-order valence-corrected chi connectivity index (χ1v) is 8.69. The van der Waals surface area contributed by atoms with Gasteiger partial charge in [-0.05, 0) is 75.0 Å². The van der Waals surface area contributed by atoms with Crippen LogP contribution in [0, 0.1) is 13.8 Å². The lowest BCUT2D eigenvalue weighted by Gasteiger charge is -2.21. The monoisotopic (exact) mass is 401 g/mol. The Hall–Kier alpha value is -0.160. The molecule has 1 unspecified atom stereocenters. The van der Waals surface area contributed by atoms with Gasteiger partial charge < -0.3 is 5.32 Å². The highest BCUT2D eigenvalue weighted by Crippen LogP contribution is 2.39. The number of aryl methyl sites for hydroxylation is 2. The topological polar surface area (TPSA) is 12.0 Å². The molecule has 2 rings (SSSR count). The fourth-order valence-electron chi connectivity index (χ4n) is 2.34. The summed E-state index contributed by atoms with van der Waals surface area (Å²) < 4.78 is 2.28. The van der Waals surface area contributed by atoms with E-state index >= 15 is 0 Å². The lowest BCUT2D eigenvalue weighted by Crippen LogP contribution is -2.22. The molecule has 1 aromatic carbocycles. The quantitative estimate of drug-likeness (QED) is 0.702. The van der Waals surface area contributed by atoms with Gasteiger partial charge in [-0.25, -0.2) is 0 Å². The highest BCUT2D eigenvalue weighted by atomic mass is 79.9. The van der Waals surface area contributed by atoms with Gasteiger partial charge in [-0.3, -0.25) is 0 Å². The Labute approximate surface area is 135 Å². The van der Waals surface area contributed by atoms with E-state index in [4.69, 9.17) is 0 Å². The predicted octanol–water partition coefficient (Wildman–Crippen LogP) is 5.59. The zero-order chi connectivity index (χ0) is 14.0. The zero-order valence-corrected chi connectivity index (χ0v) is 15.2. The molecular formula is C15H17Br2NS. The highest BCUT2D eigenvalue weighted by molar-refractivity contribution is 9.13. The maximum absolute atomic E-state index is 3.61. The molecule has 1 aromatic heterocycles. The summed E-state index contributed by atoms with van der Waals surface area (Å²) in [4.78, 5) is 1.33. The first kappa shape index (κ1) is 15.2. The van der Waals surface area contributed by atoms with Gasteiger partial charge in [-0.2, -0.15) is 0 Å². The Balaban J connectivity index is 2.51. The SMILES string of the molecule is CCNC(c1cc(Br)c(Br)s1)c1c(C)cccc1C. The summed E-state index contributed by atoms with van der Waals surface area (Å²) >= 11 is 8.95. The van der Waals surface area contributed by atoms with Crippen LogP contribution in [0.2, 0.25) is 0 Å². The average molecular weight is 403 g/mol. The molecule has 19 heavy (non-hydrogen) atoms. The van der Waals surface area contributed by atoms with Crippen LogP contribution >= 0.6 is 43.2 Å². The van der Waals surface area contributed by atoms with Gasteiger partial charge in [-0.1, -0.05) is 25.1 Å². The van der Waals surface area contributed by atoms with Gasteiger partial charge in [0.25, 0.3) is 0 Å². The van der Waals surface area contributed by atoms with Crippen molar-refractivity contribution in [2.24, 2.45) is 0 Å². The summed E-state index contributed by atoms with van der Waals surface area (Å²) in [6.07, 6.45) is 0. The number of thiophene rings is 1. The van der Waals surface area contributed by atoms with Gasteiger partial charge >= 0.3 is 0 Å². The van der Waals surface area contributed by atoms with Gasteiger partial charge in [0.2, 0.25) is 0 Å². The number of nitrogens with one attached hydrogen (secondary N) is 1. The van der Waals surface area contributed by atoms with Crippen molar-refractivity contribution in [2.75, 3.05) is 6.54 Å². The molecule has 0 aliphatic rings. The maximum Gasteiger partial charge on any atom is 0.0843 e. The third kappa shape index (κ3) is 3.30. The van der Waals surface area contributed by atoms with Crippen molar-refractivity contribution in [3.63, 3.8) is 0 Å². The highest BCUT2D eigenvalue weighted by Gasteiger charge is 2.20. The molecule has 0 amide bonds. The molecule has 0 bridgehead atoms. The molecular weight excluding hydrogens is 386 g/mol. The molecule has 0 aliphatic heterocycles. The fraction of sp³-hybridized carbons (Fsp3) is 0.333. The van der Waals surface area contributed by atoms with Gasteiger partial charge in [-0.15, -0.1) is 11.3 Å². The van der Waals surface area contributed by atoms with Crippen LogP contribution in [0.25, 0.3) is 0 Å². The number of hydrogen-bond acceptors (Lipinski definition) is 2. The molecule has 2 aromatic rings. The van der Waals surface area contributed by atoms with Crippen LogP contribution in [0.4, 0.5) is 0 Å².